The number of carbonyl (C=O) groups is 1. The molecular formula is C7H11N2O. The summed E-state index contributed by atoms with van der Waals surface area (Å²) in [5.74, 6) is 0.126. The number of hydrazone groups is 1. The highest BCUT2D eigenvalue weighted by Gasteiger charge is 2.13. The maximum Gasteiger partial charge on any atom is 0.243 e. The third-order valence-corrected chi connectivity index (χ3v) is 1.37. The molecule has 0 bridgehead atoms. The van der Waals surface area contributed by atoms with Gasteiger partial charge in [0.25, 0.3) is 0 Å². The van der Waals surface area contributed by atoms with Crippen molar-refractivity contribution in [3.8, 4) is 0 Å². The van der Waals surface area contributed by atoms with Gasteiger partial charge in [-0.15, -0.1) is 0 Å². The Morgan fingerprint density at radius 1 is 1.80 bits per heavy atom. The summed E-state index contributed by atoms with van der Waals surface area (Å²) in [6, 6.07) is 0. The summed E-state index contributed by atoms with van der Waals surface area (Å²) < 4.78 is 0. The van der Waals surface area contributed by atoms with Crippen molar-refractivity contribution in [3.63, 3.8) is 0 Å². The Hall–Kier alpha value is -0.860. The Morgan fingerprint density at radius 2 is 2.60 bits per heavy atom. The van der Waals surface area contributed by atoms with Crippen LogP contribution in [-0.2, 0) is 4.79 Å². The molecule has 3 heteroatoms. The van der Waals surface area contributed by atoms with Crippen LogP contribution in [0.5, 0.6) is 0 Å². The molecule has 0 fully saturated rings. The van der Waals surface area contributed by atoms with Gasteiger partial charge in [-0.2, -0.15) is 5.10 Å². The normalized spacial score (nSPS) is 18.1. The number of nitrogens with zero attached hydrogens (tertiary/aromatic N) is 2. The highest BCUT2D eigenvalue weighted by Crippen LogP contribution is 2.03. The summed E-state index contributed by atoms with van der Waals surface area (Å²) in [6.07, 6.45) is 4.99. The summed E-state index contributed by atoms with van der Waals surface area (Å²) in [7, 11) is 0. The Kier molecular flexibility index (Phi) is 2.42. The standard InChI is InChI=1S/C7H11N2O/c1-2-6-9-7(10)4-3-5-8-9/h2-4,6H2,1H3. The molecule has 1 rings (SSSR count). The lowest BCUT2D eigenvalue weighted by molar-refractivity contribution is -0.131. The minimum absolute atomic E-state index is 0.126. The molecule has 0 N–H and O–H groups in total. The summed E-state index contributed by atoms with van der Waals surface area (Å²) in [6.45, 7) is 2.75. The molecule has 3 nitrogen and oxygen atoms in total. The van der Waals surface area contributed by atoms with E-state index in [1.165, 1.54) is 5.01 Å². The average Bonchev–Trinajstić information content (AvgIpc) is 1.94. The van der Waals surface area contributed by atoms with Crippen molar-refractivity contribution in [3.05, 3.63) is 0 Å². The van der Waals surface area contributed by atoms with Crippen LogP contribution in [0.4, 0.5) is 0 Å². The molecule has 1 radical (unpaired) electrons. The van der Waals surface area contributed by atoms with E-state index in [-0.39, 0.29) is 5.91 Å². The molecule has 1 aliphatic heterocycles. The first kappa shape index (κ1) is 7.25. The van der Waals surface area contributed by atoms with Gasteiger partial charge in [0.15, 0.2) is 0 Å². The van der Waals surface area contributed by atoms with Crippen LogP contribution in [0.2, 0.25) is 0 Å². The second-order valence-corrected chi connectivity index (χ2v) is 2.27. The molecule has 0 aromatic rings. The first-order valence-corrected chi connectivity index (χ1v) is 3.58. The Morgan fingerprint density at radius 3 is 3.20 bits per heavy atom. The Bertz CT molecular complexity index is 154. The Balaban J connectivity index is 2.47. The zero-order valence-corrected chi connectivity index (χ0v) is 6.13. The predicted octanol–water partition coefficient (Wildman–Crippen LogP) is 0.882. The SMILES string of the molecule is CCCN1N=[C]CCC1=O. The van der Waals surface area contributed by atoms with E-state index in [1.54, 1.807) is 0 Å². The second kappa shape index (κ2) is 3.34. The molecule has 0 saturated carbocycles. The topological polar surface area (TPSA) is 32.7 Å². The molecule has 0 unspecified atom stereocenters. The zero-order valence-electron chi connectivity index (χ0n) is 6.13. The summed E-state index contributed by atoms with van der Waals surface area (Å²) in [5, 5.41) is 5.32. The molecule has 1 amide bonds. The van der Waals surface area contributed by atoms with E-state index in [0.717, 1.165) is 13.0 Å². The maximum atomic E-state index is 11.0. The van der Waals surface area contributed by atoms with E-state index in [4.69, 9.17) is 0 Å². The van der Waals surface area contributed by atoms with Crippen molar-refractivity contribution in [1.82, 2.24) is 5.01 Å². The first-order chi connectivity index (χ1) is 4.84. The molecule has 10 heavy (non-hydrogen) atoms. The van der Waals surface area contributed by atoms with Gasteiger partial charge < -0.3 is 0 Å². The number of rotatable bonds is 2. The second-order valence-electron chi connectivity index (χ2n) is 2.27. The van der Waals surface area contributed by atoms with Crippen LogP contribution in [0.15, 0.2) is 5.10 Å². The molecule has 0 spiro atoms. The van der Waals surface area contributed by atoms with Gasteiger partial charge in [0.05, 0.1) is 6.21 Å². The zero-order chi connectivity index (χ0) is 7.40. The predicted molar refractivity (Wildman–Crippen MR) is 38.7 cm³/mol. The van der Waals surface area contributed by atoms with E-state index < -0.39 is 0 Å². The third-order valence-electron chi connectivity index (χ3n) is 1.37. The maximum absolute atomic E-state index is 11.0. The van der Waals surface area contributed by atoms with Crippen molar-refractivity contribution in [2.45, 2.75) is 26.2 Å². The lowest BCUT2D eigenvalue weighted by Crippen LogP contribution is -2.29. The number of hydrogen-bond acceptors (Lipinski definition) is 2. The minimum atomic E-state index is 0.126. The molecule has 0 saturated heterocycles. The van der Waals surface area contributed by atoms with Gasteiger partial charge in [0.1, 0.15) is 0 Å². The van der Waals surface area contributed by atoms with E-state index in [0.29, 0.717) is 12.8 Å². The molecular weight excluding hydrogens is 128 g/mol. The molecule has 1 heterocycles. The van der Waals surface area contributed by atoms with Crippen molar-refractivity contribution in [2.24, 2.45) is 5.10 Å². The molecule has 0 atom stereocenters. The van der Waals surface area contributed by atoms with Crippen LogP contribution in [0.1, 0.15) is 26.2 Å². The van der Waals surface area contributed by atoms with E-state index in [1.807, 2.05) is 6.92 Å². The van der Waals surface area contributed by atoms with Crippen LogP contribution < -0.4 is 0 Å². The van der Waals surface area contributed by atoms with Gasteiger partial charge in [-0.3, -0.25) is 4.79 Å². The molecule has 0 aliphatic carbocycles. The number of carbonyl (C=O) groups excluding carboxylic acids is 1. The van der Waals surface area contributed by atoms with E-state index in [2.05, 4.69) is 11.3 Å². The van der Waals surface area contributed by atoms with Crippen LogP contribution >= 0.6 is 0 Å². The molecule has 1 aliphatic rings. The third kappa shape index (κ3) is 1.56. The monoisotopic (exact) mass is 139 g/mol. The van der Waals surface area contributed by atoms with Crippen molar-refractivity contribution >= 4 is 12.1 Å². The lowest BCUT2D eigenvalue weighted by atomic mass is 10.3. The number of hydrogen-bond donors (Lipinski definition) is 0. The average molecular weight is 139 g/mol. The largest absolute Gasteiger partial charge is 0.273 e. The van der Waals surface area contributed by atoms with Crippen molar-refractivity contribution in [1.29, 1.82) is 0 Å². The van der Waals surface area contributed by atoms with Crippen LogP contribution in [0.3, 0.4) is 0 Å². The van der Waals surface area contributed by atoms with Gasteiger partial charge >= 0.3 is 0 Å². The fraction of sp³-hybridized carbons (Fsp3) is 0.714. The Labute approximate surface area is 60.7 Å². The summed E-state index contributed by atoms with van der Waals surface area (Å²) >= 11 is 0. The van der Waals surface area contributed by atoms with Gasteiger partial charge in [-0.1, -0.05) is 6.92 Å². The fourth-order valence-corrected chi connectivity index (χ4v) is 0.870. The van der Waals surface area contributed by atoms with Gasteiger partial charge in [0, 0.05) is 19.4 Å². The highest BCUT2D eigenvalue weighted by atomic mass is 16.2. The summed E-state index contributed by atoms with van der Waals surface area (Å²) in [4.78, 5) is 11.0. The lowest BCUT2D eigenvalue weighted by Gasteiger charge is -2.17. The van der Waals surface area contributed by atoms with E-state index in [9.17, 15) is 4.79 Å². The summed E-state index contributed by atoms with van der Waals surface area (Å²) in [5.41, 5.74) is 0. The van der Waals surface area contributed by atoms with Crippen LogP contribution in [0, 0.1) is 0 Å². The smallest absolute Gasteiger partial charge is 0.243 e. The molecule has 55 valence electrons. The minimum Gasteiger partial charge on any atom is -0.273 e. The number of amides is 1. The van der Waals surface area contributed by atoms with Crippen LogP contribution in [0.25, 0.3) is 0 Å². The first-order valence-electron chi connectivity index (χ1n) is 3.58. The van der Waals surface area contributed by atoms with Gasteiger partial charge in [-0.05, 0) is 6.42 Å². The molecule has 0 aromatic heterocycles. The highest BCUT2D eigenvalue weighted by molar-refractivity contribution is 5.82. The van der Waals surface area contributed by atoms with Crippen molar-refractivity contribution < 1.29 is 4.79 Å². The fourth-order valence-electron chi connectivity index (χ4n) is 0.870. The van der Waals surface area contributed by atoms with Crippen molar-refractivity contribution in [2.75, 3.05) is 6.54 Å². The molecule has 0 aromatic carbocycles. The van der Waals surface area contributed by atoms with Gasteiger partial charge in [-0.25, -0.2) is 5.01 Å². The van der Waals surface area contributed by atoms with Crippen LogP contribution in [-0.4, -0.2) is 23.7 Å². The quantitative estimate of drug-likeness (QED) is 0.559. The van der Waals surface area contributed by atoms with E-state index >= 15 is 0 Å². The van der Waals surface area contributed by atoms with Gasteiger partial charge in [0.2, 0.25) is 5.91 Å².